The Kier molecular flexibility index (Phi) is 5.36. The van der Waals surface area contributed by atoms with Crippen LogP contribution in [-0.2, 0) is 11.2 Å². The van der Waals surface area contributed by atoms with E-state index in [0.29, 0.717) is 11.4 Å². The second kappa shape index (κ2) is 7.24. The number of amides is 1. The second-order valence-corrected chi connectivity index (χ2v) is 5.55. The van der Waals surface area contributed by atoms with Gasteiger partial charge in [-0.05, 0) is 29.8 Å². The average Bonchev–Trinajstić information content (AvgIpc) is 2.45. The minimum absolute atomic E-state index is 0.0972. The topological polar surface area (TPSA) is 66.6 Å². The Hall–Kier alpha value is -1.85. The van der Waals surface area contributed by atoms with Crippen LogP contribution in [0.25, 0.3) is 0 Å². The molecule has 0 aliphatic heterocycles. The van der Waals surface area contributed by atoms with Crippen molar-refractivity contribution < 1.29 is 9.90 Å². The molecule has 5 heteroatoms. The maximum absolute atomic E-state index is 12.5. The third kappa shape index (κ3) is 4.06. The summed E-state index contributed by atoms with van der Waals surface area (Å²) in [4.78, 5) is 14.0. The zero-order valence-electron chi connectivity index (χ0n) is 11.5. The predicted molar refractivity (Wildman–Crippen MR) is 88.1 cm³/mol. The Morgan fingerprint density at radius 3 is 2.62 bits per heavy atom. The van der Waals surface area contributed by atoms with E-state index in [1.54, 1.807) is 12.1 Å². The highest BCUT2D eigenvalue weighted by Gasteiger charge is 2.17. The van der Waals surface area contributed by atoms with E-state index in [4.69, 9.17) is 5.73 Å². The summed E-state index contributed by atoms with van der Waals surface area (Å²) in [7, 11) is 0. The van der Waals surface area contributed by atoms with Crippen molar-refractivity contribution in [1.82, 2.24) is 0 Å². The van der Waals surface area contributed by atoms with E-state index in [1.807, 2.05) is 36.4 Å². The molecule has 0 heterocycles. The van der Waals surface area contributed by atoms with Crippen molar-refractivity contribution in [2.45, 2.75) is 6.42 Å². The maximum atomic E-state index is 12.5. The first-order chi connectivity index (χ1) is 10.1. The molecule has 2 aromatic rings. The van der Waals surface area contributed by atoms with E-state index in [9.17, 15) is 9.90 Å². The molecule has 21 heavy (non-hydrogen) atoms. The Labute approximate surface area is 132 Å². The Bertz CT molecular complexity index is 631. The van der Waals surface area contributed by atoms with Gasteiger partial charge in [0.25, 0.3) is 0 Å². The fourth-order valence-electron chi connectivity index (χ4n) is 2.13. The van der Waals surface area contributed by atoms with Crippen molar-refractivity contribution in [3.8, 4) is 0 Å². The van der Waals surface area contributed by atoms with Gasteiger partial charge < -0.3 is 15.7 Å². The summed E-state index contributed by atoms with van der Waals surface area (Å²) in [5.41, 5.74) is 7.99. The van der Waals surface area contributed by atoms with Gasteiger partial charge >= 0.3 is 0 Å². The number of aliphatic hydroxyl groups is 1. The van der Waals surface area contributed by atoms with Gasteiger partial charge in [-0.1, -0.05) is 40.2 Å². The third-order valence-electron chi connectivity index (χ3n) is 3.10. The number of carbonyl (C=O) groups excluding carboxylic acids is 1. The van der Waals surface area contributed by atoms with Crippen molar-refractivity contribution in [2.75, 3.05) is 23.8 Å². The lowest BCUT2D eigenvalue weighted by Gasteiger charge is -2.23. The van der Waals surface area contributed by atoms with E-state index < -0.39 is 0 Å². The van der Waals surface area contributed by atoms with Crippen LogP contribution in [0.4, 0.5) is 11.4 Å². The zero-order chi connectivity index (χ0) is 15.2. The molecule has 0 spiro atoms. The number of hydrogen-bond donors (Lipinski definition) is 2. The molecule has 2 aromatic carbocycles. The number of para-hydroxylation sites is 2. The van der Waals surface area contributed by atoms with Gasteiger partial charge in [0.1, 0.15) is 0 Å². The molecular weight excluding hydrogens is 332 g/mol. The van der Waals surface area contributed by atoms with E-state index >= 15 is 0 Å². The van der Waals surface area contributed by atoms with Crippen molar-refractivity contribution in [3.05, 3.63) is 58.6 Å². The first-order valence-corrected chi connectivity index (χ1v) is 7.41. The minimum atomic E-state index is -0.113. The number of hydrogen-bond acceptors (Lipinski definition) is 3. The van der Waals surface area contributed by atoms with Gasteiger partial charge in [0.05, 0.1) is 24.4 Å². The third-order valence-corrected chi connectivity index (χ3v) is 3.59. The lowest BCUT2D eigenvalue weighted by molar-refractivity contribution is -0.118. The fourth-order valence-corrected chi connectivity index (χ4v) is 2.58. The molecule has 3 N–H and O–H groups in total. The number of anilines is 2. The average molecular weight is 349 g/mol. The van der Waals surface area contributed by atoms with Gasteiger partial charge in [-0.25, -0.2) is 0 Å². The molecule has 0 unspecified atom stereocenters. The van der Waals surface area contributed by atoms with Crippen LogP contribution in [0.15, 0.2) is 53.0 Å². The molecule has 0 radical (unpaired) electrons. The van der Waals surface area contributed by atoms with Gasteiger partial charge in [-0.3, -0.25) is 4.79 Å². The molecule has 0 saturated carbocycles. The van der Waals surface area contributed by atoms with Crippen LogP contribution >= 0.6 is 15.9 Å². The second-order valence-electron chi connectivity index (χ2n) is 4.63. The van der Waals surface area contributed by atoms with Gasteiger partial charge in [-0.15, -0.1) is 0 Å². The Morgan fingerprint density at radius 1 is 1.19 bits per heavy atom. The molecule has 1 amide bonds. The summed E-state index contributed by atoms with van der Waals surface area (Å²) in [6.45, 7) is 0.111. The predicted octanol–water partition coefficient (Wildman–Crippen LogP) is 2.60. The number of nitrogens with two attached hydrogens (primary N) is 1. The minimum Gasteiger partial charge on any atom is -0.397 e. The molecule has 4 nitrogen and oxygen atoms in total. The molecule has 0 fully saturated rings. The summed E-state index contributed by atoms with van der Waals surface area (Å²) in [6, 6.07) is 14.8. The highest BCUT2D eigenvalue weighted by molar-refractivity contribution is 9.10. The molecule has 2 rings (SSSR count). The summed E-state index contributed by atoms with van der Waals surface area (Å²) >= 11 is 3.39. The number of aliphatic hydroxyl groups excluding tert-OH is 1. The van der Waals surface area contributed by atoms with E-state index in [2.05, 4.69) is 15.9 Å². The summed E-state index contributed by atoms with van der Waals surface area (Å²) < 4.78 is 0.931. The SMILES string of the molecule is Nc1ccccc1N(CCO)C(=O)Cc1cccc(Br)c1. The van der Waals surface area contributed by atoms with Crippen molar-refractivity contribution in [3.63, 3.8) is 0 Å². The smallest absolute Gasteiger partial charge is 0.231 e. The van der Waals surface area contributed by atoms with Crippen LogP contribution in [0.2, 0.25) is 0 Å². The number of halogens is 1. The Balaban J connectivity index is 2.22. The highest BCUT2D eigenvalue weighted by atomic mass is 79.9. The first kappa shape index (κ1) is 15.5. The number of benzene rings is 2. The first-order valence-electron chi connectivity index (χ1n) is 6.62. The maximum Gasteiger partial charge on any atom is 0.231 e. The van der Waals surface area contributed by atoms with E-state index in [1.165, 1.54) is 4.90 Å². The van der Waals surface area contributed by atoms with Crippen LogP contribution in [0.3, 0.4) is 0 Å². The van der Waals surface area contributed by atoms with Crippen LogP contribution < -0.4 is 10.6 Å². The summed E-state index contributed by atoms with van der Waals surface area (Å²) in [6.07, 6.45) is 0.258. The number of nitrogen functional groups attached to an aromatic ring is 1. The lowest BCUT2D eigenvalue weighted by atomic mass is 10.1. The molecule has 0 aliphatic rings. The van der Waals surface area contributed by atoms with Gasteiger partial charge in [0.15, 0.2) is 0 Å². The Morgan fingerprint density at radius 2 is 1.95 bits per heavy atom. The van der Waals surface area contributed by atoms with Gasteiger partial charge in [0, 0.05) is 11.0 Å². The molecule has 0 saturated heterocycles. The number of nitrogens with zero attached hydrogens (tertiary/aromatic N) is 1. The molecule has 0 aliphatic carbocycles. The van der Waals surface area contributed by atoms with Crippen molar-refractivity contribution >= 4 is 33.2 Å². The molecular formula is C16H17BrN2O2. The molecule has 0 aromatic heterocycles. The fraction of sp³-hybridized carbons (Fsp3) is 0.188. The summed E-state index contributed by atoms with van der Waals surface area (Å²) in [5.74, 6) is -0.0972. The normalized spacial score (nSPS) is 10.4. The van der Waals surface area contributed by atoms with Crippen molar-refractivity contribution in [1.29, 1.82) is 0 Å². The van der Waals surface area contributed by atoms with E-state index in [-0.39, 0.29) is 25.5 Å². The van der Waals surface area contributed by atoms with Crippen LogP contribution in [-0.4, -0.2) is 24.2 Å². The highest BCUT2D eigenvalue weighted by Crippen LogP contribution is 2.23. The van der Waals surface area contributed by atoms with Gasteiger partial charge in [-0.2, -0.15) is 0 Å². The number of carbonyl (C=O) groups is 1. The quantitative estimate of drug-likeness (QED) is 0.816. The standard InChI is InChI=1S/C16H17BrN2O2/c17-13-5-3-4-12(10-13)11-16(21)19(8-9-20)15-7-2-1-6-14(15)18/h1-7,10,20H,8-9,11,18H2. The van der Waals surface area contributed by atoms with Crippen molar-refractivity contribution in [2.24, 2.45) is 0 Å². The molecule has 0 atom stereocenters. The zero-order valence-corrected chi connectivity index (χ0v) is 13.1. The molecule has 0 bridgehead atoms. The molecule has 110 valence electrons. The number of rotatable bonds is 5. The lowest BCUT2D eigenvalue weighted by Crippen LogP contribution is -2.35. The van der Waals surface area contributed by atoms with Gasteiger partial charge in [0.2, 0.25) is 5.91 Å². The largest absolute Gasteiger partial charge is 0.397 e. The van der Waals surface area contributed by atoms with E-state index in [0.717, 1.165) is 10.0 Å². The van der Waals surface area contributed by atoms with Crippen LogP contribution in [0.5, 0.6) is 0 Å². The van der Waals surface area contributed by atoms with Crippen LogP contribution in [0, 0.1) is 0 Å². The monoisotopic (exact) mass is 348 g/mol. The summed E-state index contributed by atoms with van der Waals surface area (Å²) in [5, 5.41) is 9.21. The van der Waals surface area contributed by atoms with Crippen LogP contribution in [0.1, 0.15) is 5.56 Å².